The second-order valence-electron chi connectivity index (χ2n) is 7.65. The molecule has 6 heteroatoms. The molecule has 0 aliphatic carbocycles. The zero-order valence-corrected chi connectivity index (χ0v) is 17.2. The minimum Gasteiger partial charge on any atom is -0.392 e. The van der Waals surface area contributed by atoms with Crippen LogP contribution in [0.3, 0.4) is 0 Å². The summed E-state index contributed by atoms with van der Waals surface area (Å²) in [5.74, 6) is 0.790. The fourth-order valence-corrected chi connectivity index (χ4v) is 3.76. The van der Waals surface area contributed by atoms with Gasteiger partial charge in [0.1, 0.15) is 0 Å². The van der Waals surface area contributed by atoms with E-state index in [9.17, 15) is 5.11 Å². The molecule has 3 aromatic rings. The first kappa shape index (κ1) is 19.7. The van der Waals surface area contributed by atoms with Gasteiger partial charge in [0.15, 0.2) is 0 Å². The van der Waals surface area contributed by atoms with E-state index in [-0.39, 0.29) is 6.61 Å². The number of benzene rings is 2. The van der Waals surface area contributed by atoms with Crippen LogP contribution in [0.15, 0.2) is 53.7 Å². The lowest BCUT2D eigenvalue weighted by Crippen LogP contribution is -2.31. The van der Waals surface area contributed by atoms with E-state index in [0.29, 0.717) is 5.02 Å². The summed E-state index contributed by atoms with van der Waals surface area (Å²) in [4.78, 5) is 11.3. The maximum absolute atomic E-state index is 9.69. The smallest absolute Gasteiger partial charge is 0.0912 e. The first-order valence-electron chi connectivity index (χ1n) is 9.95. The van der Waals surface area contributed by atoms with Crippen molar-refractivity contribution in [3.63, 3.8) is 0 Å². The average molecular weight is 409 g/mol. The second kappa shape index (κ2) is 8.80. The van der Waals surface area contributed by atoms with Crippen molar-refractivity contribution >= 4 is 45.9 Å². The summed E-state index contributed by atoms with van der Waals surface area (Å²) in [6, 6.07) is 13.4. The van der Waals surface area contributed by atoms with Gasteiger partial charge < -0.3 is 15.3 Å². The van der Waals surface area contributed by atoms with Gasteiger partial charge in [-0.25, -0.2) is 4.99 Å². The van der Waals surface area contributed by atoms with Crippen molar-refractivity contribution in [1.29, 1.82) is 0 Å². The standard InChI is InChI=1S/C23H25ClN4O/c1-16-5-8-28(9-6-16)15-26-19-10-17(14-29)11-20(13-19)27-22-4-7-25-23-12-18(24)2-3-21(22)23/h2-4,7,10-13,15-16,29H,5-6,8-9,14H2,1H3,(H,25,27). The van der Waals surface area contributed by atoms with Gasteiger partial charge in [-0.05, 0) is 66.8 Å². The van der Waals surface area contributed by atoms with E-state index in [0.717, 1.165) is 52.5 Å². The van der Waals surface area contributed by atoms with Gasteiger partial charge in [0.2, 0.25) is 0 Å². The van der Waals surface area contributed by atoms with Crippen molar-refractivity contribution in [3.8, 4) is 0 Å². The van der Waals surface area contributed by atoms with Crippen molar-refractivity contribution < 1.29 is 5.11 Å². The Morgan fingerprint density at radius 1 is 1.21 bits per heavy atom. The number of piperidine rings is 1. The molecule has 150 valence electrons. The van der Waals surface area contributed by atoms with Crippen molar-refractivity contribution in [1.82, 2.24) is 9.88 Å². The largest absolute Gasteiger partial charge is 0.392 e. The van der Waals surface area contributed by atoms with Gasteiger partial charge in [0.25, 0.3) is 0 Å². The van der Waals surface area contributed by atoms with Crippen LogP contribution in [0.25, 0.3) is 10.9 Å². The molecule has 2 heterocycles. The molecule has 1 aliphatic rings. The molecule has 0 amide bonds. The molecule has 0 saturated carbocycles. The Balaban J connectivity index is 1.59. The van der Waals surface area contributed by atoms with Crippen LogP contribution in [0.1, 0.15) is 25.3 Å². The Morgan fingerprint density at radius 3 is 2.83 bits per heavy atom. The van der Waals surface area contributed by atoms with Crippen LogP contribution >= 0.6 is 11.6 Å². The number of halogens is 1. The minimum absolute atomic E-state index is 0.0357. The molecular weight excluding hydrogens is 384 g/mol. The molecule has 2 aromatic carbocycles. The molecule has 0 atom stereocenters. The van der Waals surface area contributed by atoms with E-state index >= 15 is 0 Å². The third-order valence-corrected chi connectivity index (χ3v) is 5.57. The summed E-state index contributed by atoms with van der Waals surface area (Å²) in [5.41, 5.74) is 4.27. The van der Waals surface area contributed by atoms with Crippen LogP contribution in [0, 0.1) is 5.92 Å². The summed E-state index contributed by atoms with van der Waals surface area (Å²) in [7, 11) is 0. The molecule has 1 aromatic heterocycles. The maximum atomic E-state index is 9.69. The second-order valence-corrected chi connectivity index (χ2v) is 8.09. The van der Waals surface area contributed by atoms with E-state index in [4.69, 9.17) is 11.6 Å². The van der Waals surface area contributed by atoms with E-state index in [1.807, 2.05) is 48.8 Å². The summed E-state index contributed by atoms with van der Waals surface area (Å²) in [6.07, 6.45) is 6.09. The fourth-order valence-electron chi connectivity index (χ4n) is 3.59. The highest BCUT2D eigenvalue weighted by atomic mass is 35.5. The van der Waals surface area contributed by atoms with Gasteiger partial charge >= 0.3 is 0 Å². The predicted molar refractivity (Wildman–Crippen MR) is 121 cm³/mol. The number of nitrogens with zero attached hydrogens (tertiary/aromatic N) is 3. The highest BCUT2D eigenvalue weighted by Gasteiger charge is 2.13. The van der Waals surface area contributed by atoms with E-state index in [1.165, 1.54) is 12.8 Å². The van der Waals surface area contributed by atoms with Crippen LogP contribution < -0.4 is 5.32 Å². The van der Waals surface area contributed by atoms with Crippen LogP contribution in [0.2, 0.25) is 5.02 Å². The number of aliphatic hydroxyl groups is 1. The zero-order valence-electron chi connectivity index (χ0n) is 16.5. The van der Waals surface area contributed by atoms with Crippen LogP contribution in [-0.4, -0.2) is 34.4 Å². The van der Waals surface area contributed by atoms with E-state index < -0.39 is 0 Å². The Kier molecular flexibility index (Phi) is 5.97. The number of hydrogen-bond acceptors (Lipinski definition) is 4. The molecular formula is C23H25ClN4O. The van der Waals surface area contributed by atoms with Gasteiger partial charge in [0.05, 0.1) is 24.1 Å². The summed E-state index contributed by atoms with van der Waals surface area (Å²) < 4.78 is 0. The van der Waals surface area contributed by atoms with Crippen LogP contribution in [0.4, 0.5) is 17.1 Å². The number of pyridine rings is 1. The first-order chi connectivity index (χ1) is 14.1. The highest BCUT2D eigenvalue weighted by molar-refractivity contribution is 6.31. The molecule has 0 spiro atoms. The topological polar surface area (TPSA) is 60.8 Å². The third-order valence-electron chi connectivity index (χ3n) is 5.33. The fraction of sp³-hybridized carbons (Fsp3) is 0.304. The van der Waals surface area contributed by atoms with Crippen molar-refractivity contribution in [3.05, 3.63) is 59.2 Å². The predicted octanol–water partition coefficient (Wildman–Crippen LogP) is 5.52. The summed E-state index contributed by atoms with van der Waals surface area (Å²) >= 11 is 6.09. The van der Waals surface area contributed by atoms with E-state index in [1.54, 1.807) is 6.20 Å². The van der Waals surface area contributed by atoms with Crippen molar-refractivity contribution in [2.24, 2.45) is 10.9 Å². The molecule has 1 aliphatic heterocycles. The zero-order chi connectivity index (χ0) is 20.2. The monoisotopic (exact) mass is 408 g/mol. The van der Waals surface area contributed by atoms with Gasteiger partial charge in [-0.3, -0.25) is 4.98 Å². The molecule has 0 unspecified atom stereocenters. The molecule has 0 radical (unpaired) electrons. The Hall–Kier alpha value is -2.63. The van der Waals surface area contributed by atoms with Crippen LogP contribution in [0.5, 0.6) is 0 Å². The molecule has 1 saturated heterocycles. The maximum Gasteiger partial charge on any atom is 0.0912 e. The van der Waals surface area contributed by atoms with Crippen molar-refractivity contribution in [2.45, 2.75) is 26.4 Å². The van der Waals surface area contributed by atoms with Crippen LogP contribution in [-0.2, 0) is 6.61 Å². The van der Waals surface area contributed by atoms with Gasteiger partial charge in [-0.15, -0.1) is 0 Å². The lowest BCUT2D eigenvalue weighted by Gasteiger charge is -2.28. The molecule has 4 rings (SSSR count). The normalized spacial score (nSPS) is 15.3. The number of anilines is 2. The highest BCUT2D eigenvalue weighted by Crippen LogP contribution is 2.29. The minimum atomic E-state index is -0.0357. The van der Waals surface area contributed by atoms with Gasteiger partial charge in [0, 0.05) is 41.1 Å². The molecule has 2 N–H and O–H groups in total. The number of aromatic nitrogens is 1. The molecule has 0 bridgehead atoms. The molecule has 1 fully saturated rings. The number of likely N-dealkylation sites (tertiary alicyclic amines) is 1. The quantitative estimate of drug-likeness (QED) is 0.431. The summed E-state index contributed by atoms with van der Waals surface area (Å²) in [5, 5.41) is 14.8. The summed E-state index contributed by atoms with van der Waals surface area (Å²) in [6.45, 7) is 4.35. The Morgan fingerprint density at radius 2 is 2.03 bits per heavy atom. The Bertz CT molecular complexity index is 1030. The SMILES string of the molecule is CC1CCN(C=Nc2cc(CO)cc(Nc3ccnc4cc(Cl)ccc34)c2)CC1. The molecule has 5 nitrogen and oxygen atoms in total. The number of aliphatic hydroxyl groups excluding tert-OH is 1. The number of fused-ring (bicyclic) bond motifs is 1. The van der Waals surface area contributed by atoms with Gasteiger partial charge in [-0.1, -0.05) is 18.5 Å². The molecule has 29 heavy (non-hydrogen) atoms. The average Bonchev–Trinajstić information content (AvgIpc) is 2.73. The lowest BCUT2D eigenvalue weighted by atomic mass is 10.00. The Labute approximate surface area is 176 Å². The van der Waals surface area contributed by atoms with Crippen molar-refractivity contribution in [2.75, 3.05) is 18.4 Å². The number of aliphatic imine (C=N–C) groups is 1. The van der Waals surface area contributed by atoms with E-state index in [2.05, 4.69) is 27.1 Å². The lowest BCUT2D eigenvalue weighted by molar-refractivity contribution is 0.282. The third kappa shape index (κ3) is 4.86. The number of rotatable bonds is 5. The van der Waals surface area contributed by atoms with Gasteiger partial charge in [-0.2, -0.15) is 0 Å². The first-order valence-corrected chi connectivity index (χ1v) is 10.3. The number of hydrogen-bond donors (Lipinski definition) is 2. The number of nitrogens with one attached hydrogen (secondary N) is 1.